The number of nitrogens with zero attached hydrogens (tertiary/aromatic N) is 1. The molecule has 2 rings (SSSR count). The van der Waals surface area contributed by atoms with E-state index in [1.807, 2.05) is 24.3 Å². The maximum absolute atomic E-state index is 12.1. The Labute approximate surface area is 123 Å². The van der Waals surface area contributed by atoms with E-state index in [1.165, 1.54) is 0 Å². The second-order valence-electron chi connectivity index (χ2n) is 4.29. The molecular weight excluding hydrogens is 276 g/mol. The zero-order valence-electron chi connectivity index (χ0n) is 11.1. The minimum atomic E-state index is -0.105. The molecule has 0 bridgehead atoms. The molecule has 20 heavy (non-hydrogen) atoms. The van der Waals surface area contributed by atoms with Crippen LogP contribution >= 0.6 is 11.6 Å². The number of para-hydroxylation sites is 1. The minimum absolute atomic E-state index is 0.105. The summed E-state index contributed by atoms with van der Waals surface area (Å²) >= 11 is 5.50. The number of halogens is 1. The number of amides is 1. The lowest BCUT2D eigenvalue weighted by Gasteiger charge is -2.07. The average molecular weight is 293 g/mol. The summed E-state index contributed by atoms with van der Waals surface area (Å²) in [7, 11) is 0. The Kier molecular flexibility index (Phi) is 5.77. The molecule has 0 saturated heterocycles. The molecular formula is C15H17ClN2O2. The number of fused-ring (bicyclic) bond motifs is 1. The summed E-state index contributed by atoms with van der Waals surface area (Å²) in [6.07, 6.45) is 2.46. The van der Waals surface area contributed by atoms with Crippen molar-refractivity contribution in [1.82, 2.24) is 10.3 Å². The summed E-state index contributed by atoms with van der Waals surface area (Å²) in [4.78, 5) is 16.4. The number of hydrogen-bond donors (Lipinski definition) is 1. The van der Waals surface area contributed by atoms with Crippen LogP contribution in [0, 0.1) is 0 Å². The van der Waals surface area contributed by atoms with Gasteiger partial charge in [-0.3, -0.25) is 9.78 Å². The molecule has 1 aromatic heterocycles. The van der Waals surface area contributed by atoms with Crippen molar-refractivity contribution in [3.63, 3.8) is 0 Å². The molecule has 106 valence electrons. The molecule has 4 nitrogen and oxygen atoms in total. The van der Waals surface area contributed by atoms with E-state index in [-0.39, 0.29) is 5.91 Å². The van der Waals surface area contributed by atoms with E-state index >= 15 is 0 Å². The van der Waals surface area contributed by atoms with Crippen LogP contribution in [0.5, 0.6) is 0 Å². The normalized spacial score (nSPS) is 10.7. The number of ether oxygens (including phenoxy) is 1. The minimum Gasteiger partial charge on any atom is -0.380 e. The molecule has 1 heterocycles. The van der Waals surface area contributed by atoms with Gasteiger partial charge in [0, 0.05) is 30.6 Å². The molecule has 0 unspecified atom stereocenters. The molecule has 2 aromatic rings. The zero-order valence-corrected chi connectivity index (χ0v) is 11.9. The smallest absolute Gasteiger partial charge is 0.253 e. The number of nitrogens with one attached hydrogen (secondary N) is 1. The molecule has 0 saturated carbocycles. The van der Waals surface area contributed by atoms with Crippen molar-refractivity contribution >= 4 is 28.4 Å². The Morgan fingerprint density at radius 1 is 1.25 bits per heavy atom. The number of benzene rings is 1. The van der Waals surface area contributed by atoms with E-state index in [0.29, 0.717) is 31.2 Å². The van der Waals surface area contributed by atoms with E-state index in [2.05, 4.69) is 10.3 Å². The van der Waals surface area contributed by atoms with Gasteiger partial charge in [0.05, 0.1) is 17.7 Å². The van der Waals surface area contributed by atoms with Gasteiger partial charge in [0.25, 0.3) is 5.91 Å². The van der Waals surface area contributed by atoms with Crippen molar-refractivity contribution in [2.24, 2.45) is 0 Å². The molecule has 0 aliphatic heterocycles. The molecule has 1 amide bonds. The number of hydrogen-bond acceptors (Lipinski definition) is 3. The molecule has 0 atom stereocenters. The molecule has 0 fully saturated rings. The Bertz CT molecular complexity index is 569. The van der Waals surface area contributed by atoms with Gasteiger partial charge in [-0.15, -0.1) is 11.6 Å². The first-order valence-electron chi connectivity index (χ1n) is 6.58. The predicted octanol–water partition coefficient (Wildman–Crippen LogP) is 2.61. The van der Waals surface area contributed by atoms with Gasteiger partial charge in [0.15, 0.2) is 0 Å². The van der Waals surface area contributed by atoms with Gasteiger partial charge in [-0.05, 0) is 18.6 Å². The van der Waals surface area contributed by atoms with Gasteiger partial charge in [-0.1, -0.05) is 18.2 Å². The summed E-state index contributed by atoms with van der Waals surface area (Å²) in [6.45, 7) is 1.72. The van der Waals surface area contributed by atoms with Crippen LogP contribution in [0.1, 0.15) is 16.8 Å². The van der Waals surface area contributed by atoms with Crippen LogP contribution in [-0.4, -0.2) is 36.5 Å². The third-order valence-electron chi connectivity index (χ3n) is 2.85. The topological polar surface area (TPSA) is 51.2 Å². The average Bonchev–Trinajstić information content (AvgIpc) is 2.50. The van der Waals surface area contributed by atoms with Crippen LogP contribution in [-0.2, 0) is 4.74 Å². The maximum atomic E-state index is 12.1. The second kappa shape index (κ2) is 7.82. The lowest BCUT2D eigenvalue weighted by molar-refractivity contribution is 0.0946. The fraction of sp³-hybridized carbons (Fsp3) is 0.333. The fourth-order valence-electron chi connectivity index (χ4n) is 1.92. The van der Waals surface area contributed by atoms with Gasteiger partial charge in [-0.2, -0.15) is 0 Å². The third-order valence-corrected chi connectivity index (χ3v) is 3.00. The van der Waals surface area contributed by atoms with Crippen molar-refractivity contribution in [2.75, 3.05) is 25.6 Å². The number of rotatable bonds is 7. The van der Waals surface area contributed by atoms with Gasteiger partial charge in [0.1, 0.15) is 0 Å². The quantitative estimate of drug-likeness (QED) is 0.630. The number of carbonyl (C=O) groups excluding carboxylic acids is 1. The molecule has 0 aliphatic carbocycles. The summed E-state index contributed by atoms with van der Waals surface area (Å²) in [6, 6.07) is 9.40. The van der Waals surface area contributed by atoms with Gasteiger partial charge in [0.2, 0.25) is 0 Å². The lowest BCUT2D eigenvalue weighted by atomic mass is 10.1. The SMILES string of the molecule is O=C(NCCCOCCCl)c1cccc2cccnc12. The van der Waals surface area contributed by atoms with Crippen molar-refractivity contribution in [1.29, 1.82) is 0 Å². The molecule has 0 spiro atoms. The Morgan fingerprint density at radius 3 is 2.95 bits per heavy atom. The highest BCUT2D eigenvalue weighted by atomic mass is 35.5. The fourth-order valence-corrected chi connectivity index (χ4v) is 2.02. The first kappa shape index (κ1) is 14.8. The molecule has 1 N–H and O–H groups in total. The number of carbonyl (C=O) groups is 1. The highest BCUT2D eigenvalue weighted by Gasteiger charge is 2.09. The van der Waals surface area contributed by atoms with E-state index in [9.17, 15) is 4.79 Å². The van der Waals surface area contributed by atoms with E-state index in [0.717, 1.165) is 17.3 Å². The first-order chi connectivity index (χ1) is 9.83. The van der Waals surface area contributed by atoms with Gasteiger partial charge >= 0.3 is 0 Å². The molecule has 0 aliphatic rings. The number of alkyl halides is 1. The summed E-state index contributed by atoms with van der Waals surface area (Å²) in [5.41, 5.74) is 1.33. The van der Waals surface area contributed by atoms with Crippen LogP contribution in [0.25, 0.3) is 10.9 Å². The Hall–Kier alpha value is -1.65. The lowest BCUT2D eigenvalue weighted by Crippen LogP contribution is -2.25. The summed E-state index contributed by atoms with van der Waals surface area (Å²) < 4.78 is 5.24. The van der Waals surface area contributed by atoms with Crippen molar-refractivity contribution < 1.29 is 9.53 Å². The Morgan fingerprint density at radius 2 is 2.10 bits per heavy atom. The van der Waals surface area contributed by atoms with E-state index in [4.69, 9.17) is 16.3 Å². The summed E-state index contributed by atoms with van der Waals surface area (Å²) in [5, 5.41) is 3.84. The first-order valence-corrected chi connectivity index (χ1v) is 7.12. The summed E-state index contributed by atoms with van der Waals surface area (Å²) in [5.74, 6) is 0.389. The molecule has 0 radical (unpaired) electrons. The monoisotopic (exact) mass is 292 g/mol. The maximum Gasteiger partial charge on any atom is 0.253 e. The largest absolute Gasteiger partial charge is 0.380 e. The standard InChI is InChI=1S/C15H17ClN2O2/c16-7-11-20-10-3-9-18-15(19)13-6-1-4-12-5-2-8-17-14(12)13/h1-2,4-6,8H,3,7,9-11H2,(H,18,19). The highest BCUT2D eigenvalue weighted by Crippen LogP contribution is 2.15. The van der Waals surface area contributed by atoms with Crippen LogP contribution in [0.15, 0.2) is 36.5 Å². The number of pyridine rings is 1. The predicted molar refractivity (Wildman–Crippen MR) is 80.2 cm³/mol. The van der Waals surface area contributed by atoms with E-state index < -0.39 is 0 Å². The van der Waals surface area contributed by atoms with Gasteiger partial charge < -0.3 is 10.1 Å². The number of aromatic nitrogens is 1. The van der Waals surface area contributed by atoms with Crippen molar-refractivity contribution in [3.8, 4) is 0 Å². The highest BCUT2D eigenvalue weighted by molar-refractivity contribution is 6.17. The van der Waals surface area contributed by atoms with Crippen LogP contribution in [0.3, 0.4) is 0 Å². The van der Waals surface area contributed by atoms with Gasteiger partial charge in [-0.25, -0.2) is 0 Å². The zero-order chi connectivity index (χ0) is 14.2. The van der Waals surface area contributed by atoms with Crippen LogP contribution < -0.4 is 5.32 Å². The molecule has 5 heteroatoms. The Balaban J connectivity index is 1.91. The third kappa shape index (κ3) is 3.92. The van der Waals surface area contributed by atoms with Crippen molar-refractivity contribution in [2.45, 2.75) is 6.42 Å². The molecule has 1 aromatic carbocycles. The van der Waals surface area contributed by atoms with Crippen LogP contribution in [0.4, 0.5) is 0 Å². The second-order valence-corrected chi connectivity index (χ2v) is 4.67. The van der Waals surface area contributed by atoms with Crippen LogP contribution in [0.2, 0.25) is 0 Å². The van der Waals surface area contributed by atoms with Crippen molar-refractivity contribution in [3.05, 3.63) is 42.1 Å². The van der Waals surface area contributed by atoms with E-state index in [1.54, 1.807) is 12.3 Å².